The van der Waals surface area contributed by atoms with Crippen LogP contribution in [0.1, 0.15) is 13.8 Å². The van der Waals surface area contributed by atoms with E-state index in [1.807, 2.05) is 42.7 Å². The zero-order valence-electron chi connectivity index (χ0n) is 16.2. The van der Waals surface area contributed by atoms with Crippen LogP contribution in [0.5, 0.6) is 0 Å². The first-order valence-electron chi connectivity index (χ1n) is 9.56. The maximum atomic E-state index is 13.0. The van der Waals surface area contributed by atoms with Crippen LogP contribution < -0.4 is 0 Å². The fourth-order valence-corrected chi connectivity index (χ4v) is 5.93. The Hall–Kier alpha value is -1.30. The number of nitrogens with zero attached hydrogens (tertiary/aromatic N) is 4. The summed E-state index contributed by atoms with van der Waals surface area (Å²) >= 11 is 5.36. The topological polar surface area (TPSA) is 71.2 Å². The molecule has 2 aliphatic heterocycles. The van der Waals surface area contributed by atoms with E-state index in [4.69, 9.17) is 21.4 Å². The number of hydrogen-bond acceptors (Lipinski definition) is 6. The van der Waals surface area contributed by atoms with E-state index in [9.17, 15) is 8.42 Å². The van der Waals surface area contributed by atoms with Gasteiger partial charge in [-0.15, -0.1) is 0 Å². The molecule has 0 spiro atoms. The van der Waals surface area contributed by atoms with Gasteiger partial charge in [-0.2, -0.15) is 17.0 Å². The summed E-state index contributed by atoms with van der Waals surface area (Å²) in [7, 11) is -3.47. The molecule has 2 saturated heterocycles. The molecule has 1 aromatic heterocycles. The lowest BCUT2D eigenvalue weighted by molar-refractivity contribution is -0.0458. The predicted molar refractivity (Wildman–Crippen MR) is 109 cm³/mol. The normalized spacial score (nSPS) is 26.1. The molecule has 2 aromatic rings. The molecule has 0 saturated carbocycles. The molecule has 28 heavy (non-hydrogen) atoms. The van der Waals surface area contributed by atoms with Gasteiger partial charge in [-0.25, -0.2) is 0 Å². The molecule has 0 aliphatic carbocycles. The first-order chi connectivity index (χ1) is 13.3. The van der Waals surface area contributed by atoms with Crippen molar-refractivity contribution in [1.82, 2.24) is 18.1 Å². The van der Waals surface area contributed by atoms with Crippen LogP contribution in [-0.2, 0) is 21.6 Å². The highest BCUT2D eigenvalue weighted by molar-refractivity contribution is 7.86. The summed E-state index contributed by atoms with van der Waals surface area (Å²) in [6, 6.07) is 7.76. The highest BCUT2D eigenvalue weighted by Gasteiger charge is 2.36. The lowest BCUT2D eigenvalue weighted by atomic mass is 10.3. The van der Waals surface area contributed by atoms with Crippen molar-refractivity contribution in [2.24, 2.45) is 0 Å². The maximum absolute atomic E-state index is 13.0. The summed E-state index contributed by atoms with van der Waals surface area (Å²) in [5.74, 6) is 0. The fraction of sp³-hybridized carbons (Fsp3) is 0.611. The van der Waals surface area contributed by atoms with E-state index < -0.39 is 10.2 Å². The van der Waals surface area contributed by atoms with Crippen LogP contribution in [0.3, 0.4) is 0 Å². The molecule has 2 fully saturated rings. The van der Waals surface area contributed by atoms with Gasteiger partial charge in [0.2, 0.25) is 0 Å². The Labute approximate surface area is 170 Å². The van der Waals surface area contributed by atoms with E-state index in [-0.39, 0.29) is 12.2 Å². The van der Waals surface area contributed by atoms with Crippen LogP contribution in [0, 0.1) is 4.84 Å². The van der Waals surface area contributed by atoms with Crippen molar-refractivity contribution in [2.75, 3.05) is 39.3 Å². The molecule has 2 aliphatic rings. The number of hydrogen-bond donors (Lipinski definition) is 0. The second-order valence-electron chi connectivity index (χ2n) is 7.50. The molecule has 0 unspecified atom stereocenters. The molecule has 0 N–H and O–H groups in total. The van der Waals surface area contributed by atoms with Crippen LogP contribution in [0.25, 0.3) is 11.1 Å². The van der Waals surface area contributed by atoms with E-state index in [1.165, 1.54) is 0 Å². The van der Waals surface area contributed by atoms with E-state index >= 15 is 0 Å². The van der Waals surface area contributed by atoms with Gasteiger partial charge >= 0.3 is 0 Å². The van der Waals surface area contributed by atoms with Crippen molar-refractivity contribution in [3.63, 3.8) is 0 Å². The Morgan fingerprint density at radius 1 is 1.04 bits per heavy atom. The van der Waals surface area contributed by atoms with Crippen molar-refractivity contribution in [3.05, 3.63) is 29.1 Å². The van der Waals surface area contributed by atoms with Gasteiger partial charge in [-0.05, 0) is 38.2 Å². The summed E-state index contributed by atoms with van der Waals surface area (Å²) < 4.78 is 42.5. The van der Waals surface area contributed by atoms with Gasteiger partial charge in [-0.3, -0.25) is 9.47 Å². The second-order valence-corrected chi connectivity index (χ2v) is 9.78. The van der Waals surface area contributed by atoms with E-state index in [1.54, 1.807) is 8.61 Å². The summed E-state index contributed by atoms with van der Waals surface area (Å²) in [6.07, 6.45) is -0.174. The number of oxazole rings is 1. The average Bonchev–Trinajstić information content (AvgIpc) is 2.97. The number of piperazine rings is 1. The van der Waals surface area contributed by atoms with Crippen LogP contribution in [0.15, 0.2) is 28.7 Å². The average molecular weight is 427 g/mol. The first-order valence-corrected chi connectivity index (χ1v) is 11.4. The predicted octanol–water partition coefficient (Wildman–Crippen LogP) is 1.89. The quantitative estimate of drug-likeness (QED) is 0.696. The maximum Gasteiger partial charge on any atom is 0.282 e. The zero-order valence-corrected chi connectivity index (χ0v) is 17.8. The molecule has 4 rings (SSSR count). The molecule has 3 heterocycles. The highest BCUT2D eigenvalue weighted by Crippen LogP contribution is 2.21. The number of benzene rings is 1. The zero-order chi connectivity index (χ0) is 19.9. The van der Waals surface area contributed by atoms with Crippen LogP contribution in [-0.4, -0.2) is 78.0 Å². The molecule has 10 heteroatoms. The van der Waals surface area contributed by atoms with E-state index in [0.717, 1.165) is 11.1 Å². The van der Waals surface area contributed by atoms with Crippen molar-refractivity contribution in [2.45, 2.75) is 32.7 Å². The Morgan fingerprint density at radius 2 is 1.68 bits per heavy atom. The summed E-state index contributed by atoms with van der Waals surface area (Å²) in [4.78, 5) is 2.64. The van der Waals surface area contributed by atoms with Gasteiger partial charge in [0.1, 0.15) is 0 Å². The second kappa shape index (κ2) is 7.85. The third kappa shape index (κ3) is 3.89. The number of aromatic nitrogens is 1. The number of rotatable bonds is 4. The monoisotopic (exact) mass is 426 g/mol. The Morgan fingerprint density at radius 3 is 2.36 bits per heavy atom. The van der Waals surface area contributed by atoms with Gasteiger partial charge in [-0.1, -0.05) is 12.1 Å². The minimum atomic E-state index is -3.47. The first kappa shape index (κ1) is 20.0. The Bertz CT molecular complexity index is 984. The van der Waals surface area contributed by atoms with Crippen LogP contribution >= 0.6 is 12.2 Å². The third-order valence-electron chi connectivity index (χ3n) is 5.29. The van der Waals surface area contributed by atoms with Crippen molar-refractivity contribution in [1.29, 1.82) is 0 Å². The molecular weight excluding hydrogens is 400 g/mol. The molecule has 2 atom stereocenters. The summed E-state index contributed by atoms with van der Waals surface area (Å²) in [6.45, 7) is 7.45. The number of ether oxygens (including phenoxy) is 1. The molecule has 1 aromatic carbocycles. The molecule has 0 bridgehead atoms. The molecule has 154 valence electrons. The summed E-state index contributed by atoms with van der Waals surface area (Å²) in [5, 5.41) is 0. The molecule has 0 amide bonds. The van der Waals surface area contributed by atoms with Crippen LogP contribution in [0.2, 0.25) is 0 Å². The van der Waals surface area contributed by atoms with Gasteiger partial charge < -0.3 is 9.15 Å². The standard InChI is InChI=1S/C18H26N4O4S2/c1-14-11-21(12-15(2)25-14)28(23,24)20-9-7-19(8-10-20)13-22-16-5-3-4-6-17(16)26-18(22)27/h3-6,14-15H,7-13H2,1-2H3/t14-,15+. The van der Waals surface area contributed by atoms with Crippen LogP contribution in [0.4, 0.5) is 0 Å². The van der Waals surface area contributed by atoms with Gasteiger partial charge in [0, 0.05) is 39.3 Å². The van der Waals surface area contributed by atoms with Gasteiger partial charge in [0.15, 0.2) is 5.58 Å². The van der Waals surface area contributed by atoms with E-state index in [0.29, 0.717) is 50.8 Å². The number of fused-ring (bicyclic) bond motifs is 1. The minimum absolute atomic E-state index is 0.0870. The lowest BCUT2D eigenvalue weighted by Gasteiger charge is -2.40. The van der Waals surface area contributed by atoms with Crippen molar-refractivity contribution < 1.29 is 17.6 Å². The fourth-order valence-electron chi connectivity index (χ4n) is 3.93. The summed E-state index contributed by atoms with van der Waals surface area (Å²) in [5.41, 5.74) is 1.73. The van der Waals surface area contributed by atoms with Gasteiger partial charge in [0.25, 0.3) is 15.0 Å². The van der Waals surface area contributed by atoms with E-state index in [2.05, 4.69) is 4.90 Å². The van der Waals surface area contributed by atoms with Crippen molar-refractivity contribution in [3.8, 4) is 0 Å². The number of para-hydroxylation sites is 2. The molecule has 8 nitrogen and oxygen atoms in total. The van der Waals surface area contributed by atoms with Gasteiger partial charge in [0.05, 0.1) is 24.4 Å². The largest absolute Gasteiger partial charge is 0.429 e. The lowest BCUT2D eigenvalue weighted by Crippen LogP contribution is -2.57. The Kier molecular flexibility index (Phi) is 5.60. The highest BCUT2D eigenvalue weighted by atomic mass is 32.2. The SMILES string of the molecule is C[C@@H]1CN(S(=O)(=O)N2CCN(Cn3c(=S)oc4ccccc43)CC2)C[C@H](C)O1. The minimum Gasteiger partial charge on any atom is -0.429 e. The van der Waals surface area contributed by atoms with Crippen molar-refractivity contribution >= 4 is 33.5 Å². The smallest absolute Gasteiger partial charge is 0.282 e. The number of morpholine rings is 1. The molecular formula is C18H26N4O4S2. The third-order valence-corrected chi connectivity index (χ3v) is 7.56. The molecule has 0 radical (unpaired) electrons. The Balaban J connectivity index is 1.42.